The Morgan fingerprint density at radius 1 is 1.05 bits per heavy atom. The zero-order valence-electron chi connectivity index (χ0n) is 21.3. The second-order valence-corrected chi connectivity index (χ2v) is 9.31. The zero-order chi connectivity index (χ0) is 26.2. The summed E-state index contributed by atoms with van der Waals surface area (Å²) in [6, 6.07) is 22.8. The van der Waals surface area contributed by atoms with Crippen LogP contribution in [0.5, 0.6) is 5.75 Å². The molecule has 0 radical (unpaired) electrons. The van der Waals surface area contributed by atoms with Crippen molar-refractivity contribution in [3.8, 4) is 11.8 Å². The highest BCUT2D eigenvalue weighted by atomic mass is 16.5. The van der Waals surface area contributed by atoms with E-state index in [1.54, 1.807) is 13.2 Å². The fourth-order valence-electron chi connectivity index (χ4n) is 4.63. The van der Waals surface area contributed by atoms with Gasteiger partial charge in [-0.25, -0.2) is 4.79 Å². The Balaban J connectivity index is 1.30. The Morgan fingerprint density at radius 2 is 1.81 bits per heavy atom. The fourth-order valence-corrected chi connectivity index (χ4v) is 4.63. The zero-order valence-corrected chi connectivity index (χ0v) is 21.3. The van der Waals surface area contributed by atoms with Crippen LogP contribution in [0.2, 0.25) is 0 Å². The summed E-state index contributed by atoms with van der Waals surface area (Å²) in [5.41, 5.74) is 5.02. The molecule has 0 aromatic heterocycles. The van der Waals surface area contributed by atoms with E-state index in [4.69, 9.17) is 10.00 Å². The minimum Gasteiger partial charge on any atom is -0.497 e. The van der Waals surface area contributed by atoms with E-state index < -0.39 is 0 Å². The summed E-state index contributed by atoms with van der Waals surface area (Å²) in [5.74, 6) is 1.14. The average molecular weight is 497 g/mol. The van der Waals surface area contributed by atoms with Crippen molar-refractivity contribution < 1.29 is 14.3 Å². The number of nitrogens with one attached hydrogen (secondary N) is 2. The number of carbonyl (C=O) groups is 2. The quantitative estimate of drug-likeness (QED) is 0.467. The number of piperidine rings is 1. The van der Waals surface area contributed by atoms with E-state index in [0.717, 1.165) is 29.7 Å². The molecule has 7 heteroatoms. The SMILES string of the molecule is COc1cccc(CCNC(=O)Nc2cc(C(=O)N3CCC(c4ccc(C#N)cc4)CC3)ccc2C)c1. The largest absolute Gasteiger partial charge is 0.497 e. The monoisotopic (exact) mass is 496 g/mol. The van der Waals surface area contributed by atoms with Crippen LogP contribution < -0.4 is 15.4 Å². The summed E-state index contributed by atoms with van der Waals surface area (Å²) in [4.78, 5) is 27.6. The standard InChI is InChI=1S/C30H32N4O3/c1-21-6-9-26(19-28(21)33-30(36)32-15-12-22-4-3-5-27(18-22)37-2)29(35)34-16-13-25(14-17-34)24-10-7-23(20-31)8-11-24/h3-11,18-19,25H,12-17H2,1-2H3,(H2,32,33,36). The topological polar surface area (TPSA) is 94.5 Å². The van der Waals surface area contributed by atoms with E-state index >= 15 is 0 Å². The van der Waals surface area contributed by atoms with Gasteiger partial charge in [0.2, 0.25) is 0 Å². The van der Waals surface area contributed by atoms with Gasteiger partial charge in [-0.1, -0.05) is 30.3 Å². The number of rotatable bonds is 7. The molecule has 0 bridgehead atoms. The molecule has 4 rings (SSSR count). The molecule has 2 N–H and O–H groups in total. The second kappa shape index (κ2) is 12.1. The van der Waals surface area contributed by atoms with E-state index in [-0.39, 0.29) is 11.9 Å². The third kappa shape index (κ3) is 6.68. The maximum Gasteiger partial charge on any atom is 0.319 e. The van der Waals surface area contributed by atoms with Gasteiger partial charge in [0.15, 0.2) is 0 Å². The molecule has 0 spiro atoms. The third-order valence-electron chi connectivity index (χ3n) is 6.86. The van der Waals surface area contributed by atoms with Gasteiger partial charge in [0.25, 0.3) is 5.91 Å². The first-order valence-electron chi connectivity index (χ1n) is 12.5. The molecule has 190 valence electrons. The summed E-state index contributed by atoms with van der Waals surface area (Å²) < 4.78 is 5.24. The second-order valence-electron chi connectivity index (χ2n) is 9.31. The van der Waals surface area contributed by atoms with Crippen LogP contribution >= 0.6 is 0 Å². The number of hydrogen-bond donors (Lipinski definition) is 2. The number of ether oxygens (including phenoxy) is 1. The Hall–Kier alpha value is -4.31. The van der Waals surface area contributed by atoms with Crippen LogP contribution in [0.1, 0.15) is 51.4 Å². The fraction of sp³-hybridized carbons (Fsp3) is 0.300. The van der Waals surface area contributed by atoms with Crippen LogP contribution in [0.4, 0.5) is 10.5 Å². The van der Waals surface area contributed by atoms with Crippen molar-refractivity contribution in [1.29, 1.82) is 5.26 Å². The molecule has 37 heavy (non-hydrogen) atoms. The molecule has 7 nitrogen and oxygen atoms in total. The van der Waals surface area contributed by atoms with Gasteiger partial charge in [-0.3, -0.25) is 4.79 Å². The molecule has 3 amide bonds. The minimum absolute atomic E-state index is 0.0280. The van der Waals surface area contributed by atoms with E-state index in [2.05, 4.69) is 16.7 Å². The minimum atomic E-state index is -0.307. The molecule has 3 aromatic carbocycles. The molecule has 1 heterocycles. The van der Waals surface area contributed by atoms with Gasteiger partial charge < -0.3 is 20.3 Å². The first-order chi connectivity index (χ1) is 18.0. The first kappa shape index (κ1) is 25.8. The molecule has 0 unspecified atom stereocenters. The average Bonchev–Trinajstić information content (AvgIpc) is 2.94. The Morgan fingerprint density at radius 3 is 2.51 bits per heavy atom. The van der Waals surface area contributed by atoms with Crippen LogP contribution in [0.15, 0.2) is 66.7 Å². The number of aryl methyl sites for hydroxylation is 1. The molecule has 1 fully saturated rings. The van der Waals surface area contributed by atoms with Gasteiger partial charge in [-0.15, -0.1) is 0 Å². The number of nitriles is 1. The van der Waals surface area contributed by atoms with Gasteiger partial charge >= 0.3 is 6.03 Å². The number of hydrogen-bond acceptors (Lipinski definition) is 4. The molecular formula is C30H32N4O3. The number of urea groups is 1. The van der Waals surface area contributed by atoms with Crippen molar-refractivity contribution >= 4 is 17.6 Å². The number of nitrogens with zero attached hydrogens (tertiary/aromatic N) is 2. The van der Waals surface area contributed by atoms with Crippen molar-refractivity contribution in [3.05, 3.63) is 94.5 Å². The van der Waals surface area contributed by atoms with Crippen LogP contribution in [0.25, 0.3) is 0 Å². The number of amides is 3. The van der Waals surface area contributed by atoms with Gasteiger partial charge in [0.1, 0.15) is 5.75 Å². The summed E-state index contributed by atoms with van der Waals surface area (Å²) in [5, 5.41) is 14.8. The molecular weight excluding hydrogens is 464 g/mol. The van der Waals surface area contributed by atoms with Gasteiger partial charge in [0.05, 0.1) is 18.7 Å². The molecule has 1 aliphatic rings. The number of benzene rings is 3. The van der Waals surface area contributed by atoms with Crippen LogP contribution in [-0.2, 0) is 6.42 Å². The maximum absolute atomic E-state index is 13.2. The lowest BCUT2D eigenvalue weighted by atomic mass is 9.89. The lowest BCUT2D eigenvalue weighted by Crippen LogP contribution is -2.38. The highest BCUT2D eigenvalue weighted by Gasteiger charge is 2.25. The molecule has 0 saturated carbocycles. The van der Waals surface area contributed by atoms with Crippen molar-refractivity contribution in [3.63, 3.8) is 0 Å². The molecule has 1 saturated heterocycles. The summed E-state index contributed by atoms with van der Waals surface area (Å²) in [7, 11) is 1.63. The number of methoxy groups -OCH3 is 1. The molecule has 0 aliphatic carbocycles. The van der Waals surface area contributed by atoms with Crippen molar-refractivity contribution in [1.82, 2.24) is 10.2 Å². The Kier molecular flexibility index (Phi) is 8.42. The van der Waals surface area contributed by atoms with E-state index in [1.165, 1.54) is 5.56 Å². The smallest absolute Gasteiger partial charge is 0.319 e. The first-order valence-corrected chi connectivity index (χ1v) is 12.5. The highest BCUT2D eigenvalue weighted by molar-refractivity contribution is 5.97. The van der Waals surface area contributed by atoms with Crippen LogP contribution in [-0.4, -0.2) is 43.6 Å². The van der Waals surface area contributed by atoms with Crippen LogP contribution in [0, 0.1) is 18.3 Å². The van der Waals surface area contributed by atoms with Gasteiger partial charge in [-0.05, 0) is 85.2 Å². The molecule has 1 aliphatic heterocycles. The van der Waals surface area contributed by atoms with Crippen molar-refractivity contribution in [2.75, 3.05) is 32.1 Å². The highest BCUT2D eigenvalue weighted by Crippen LogP contribution is 2.29. The number of carbonyl (C=O) groups excluding carboxylic acids is 2. The normalized spacial score (nSPS) is 13.5. The van der Waals surface area contributed by atoms with Gasteiger partial charge in [0, 0.05) is 30.9 Å². The molecule has 0 atom stereocenters. The summed E-state index contributed by atoms with van der Waals surface area (Å²) in [6.07, 6.45) is 2.44. The predicted octanol–water partition coefficient (Wildman–Crippen LogP) is 5.26. The maximum atomic E-state index is 13.2. The predicted molar refractivity (Wildman–Crippen MR) is 144 cm³/mol. The summed E-state index contributed by atoms with van der Waals surface area (Å²) >= 11 is 0. The number of anilines is 1. The Bertz CT molecular complexity index is 1290. The molecule has 3 aromatic rings. The van der Waals surface area contributed by atoms with Gasteiger partial charge in [-0.2, -0.15) is 5.26 Å². The lowest BCUT2D eigenvalue weighted by Gasteiger charge is -2.32. The summed E-state index contributed by atoms with van der Waals surface area (Å²) in [6.45, 7) is 3.73. The lowest BCUT2D eigenvalue weighted by molar-refractivity contribution is 0.0713. The van der Waals surface area contributed by atoms with E-state index in [9.17, 15) is 9.59 Å². The third-order valence-corrected chi connectivity index (χ3v) is 6.86. The van der Waals surface area contributed by atoms with E-state index in [1.807, 2.05) is 72.5 Å². The van der Waals surface area contributed by atoms with Crippen LogP contribution in [0.3, 0.4) is 0 Å². The van der Waals surface area contributed by atoms with Crippen molar-refractivity contribution in [2.24, 2.45) is 0 Å². The Labute approximate surface area is 218 Å². The number of likely N-dealkylation sites (tertiary alicyclic amines) is 1. The van der Waals surface area contributed by atoms with Crippen molar-refractivity contribution in [2.45, 2.75) is 32.1 Å². The van der Waals surface area contributed by atoms with E-state index in [0.29, 0.717) is 48.8 Å².